The Bertz CT molecular complexity index is 1330. The first-order valence-electron chi connectivity index (χ1n) is 11.6. The number of carbonyl (C=O) groups is 1. The summed E-state index contributed by atoms with van der Waals surface area (Å²) >= 11 is 6.81. The second kappa shape index (κ2) is 9.72. The number of hydrogen-bond acceptors (Lipinski definition) is 6. The third kappa shape index (κ3) is 4.40. The SMILES string of the molecule is C[C@H](c1ccccc1)N1C(=O)/C(=C\c2c(NC3CCCCC3)nc3ccccn3c2=O)SC1=S. The van der Waals surface area contributed by atoms with Crippen LogP contribution in [0.2, 0.25) is 0 Å². The van der Waals surface area contributed by atoms with Crippen LogP contribution in [0.1, 0.15) is 56.2 Å². The Labute approximate surface area is 208 Å². The van der Waals surface area contributed by atoms with Crippen LogP contribution in [-0.2, 0) is 4.79 Å². The number of aromatic nitrogens is 2. The molecule has 2 fully saturated rings. The first-order chi connectivity index (χ1) is 16.5. The van der Waals surface area contributed by atoms with Gasteiger partial charge in [0.15, 0.2) is 0 Å². The van der Waals surface area contributed by atoms with E-state index in [4.69, 9.17) is 17.2 Å². The number of fused-ring (bicyclic) bond motifs is 1. The van der Waals surface area contributed by atoms with Gasteiger partial charge < -0.3 is 5.32 Å². The maximum absolute atomic E-state index is 13.5. The normalized spacial score (nSPS) is 19.2. The van der Waals surface area contributed by atoms with Gasteiger partial charge in [-0.1, -0.05) is 79.6 Å². The number of thioether (sulfide) groups is 1. The van der Waals surface area contributed by atoms with Gasteiger partial charge in [-0.25, -0.2) is 4.98 Å². The van der Waals surface area contributed by atoms with Gasteiger partial charge in [0.1, 0.15) is 15.8 Å². The molecule has 2 aromatic heterocycles. The van der Waals surface area contributed by atoms with Crippen LogP contribution in [0.5, 0.6) is 0 Å². The Morgan fingerprint density at radius 2 is 1.82 bits per heavy atom. The van der Waals surface area contributed by atoms with Crippen molar-refractivity contribution in [2.24, 2.45) is 0 Å². The summed E-state index contributed by atoms with van der Waals surface area (Å²) < 4.78 is 2.01. The van der Waals surface area contributed by atoms with Crippen LogP contribution in [0.3, 0.4) is 0 Å². The van der Waals surface area contributed by atoms with Crippen LogP contribution in [0, 0.1) is 0 Å². The van der Waals surface area contributed by atoms with Gasteiger partial charge in [0.25, 0.3) is 11.5 Å². The topological polar surface area (TPSA) is 66.7 Å². The highest BCUT2D eigenvalue weighted by Crippen LogP contribution is 2.38. The summed E-state index contributed by atoms with van der Waals surface area (Å²) in [6, 6.07) is 15.4. The number of thiocarbonyl (C=S) groups is 1. The van der Waals surface area contributed by atoms with Gasteiger partial charge >= 0.3 is 0 Å². The van der Waals surface area contributed by atoms with Gasteiger partial charge in [0, 0.05) is 12.2 Å². The number of benzene rings is 1. The zero-order valence-corrected chi connectivity index (χ0v) is 20.6. The molecule has 1 N–H and O–H groups in total. The molecule has 1 saturated carbocycles. The molecule has 3 aromatic rings. The Hall–Kier alpha value is -2.97. The van der Waals surface area contributed by atoms with Crippen molar-refractivity contribution in [3.05, 3.63) is 81.1 Å². The summed E-state index contributed by atoms with van der Waals surface area (Å²) in [6.07, 6.45) is 9.02. The molecule has 1 aliphatic heterocycles. The fourth-order valence-electron chi connectivity index (χ4n) is 4.61. The molecule has 0 bridgehead atoms. The van der Waals surface area contributed by atoms with Crippen molar-refractivity contribution in [1.82, 2.24) is 14.3 Å². The fraction of sp³-hybridized carbons (Fsp3) is 0.308. The third-order valence-corrected chi connectivity index (χ3v) is 7.81. The number of carbonyl (C=O) groups excluding carboxylic acids is 1. The van der Waals surface area contributed by atoms with E-state index in [0.29, 0.717) is 26.3 Å². The number of rotatable bonds is 5. The second-order valence-electron chi connectivity index (χ2n) is 8.73. The van der Waals surface area contributed by atoms with Gasteiger partial charge in [0.05, 0.1) is 16.5 Å². The molecule has 3 heterocycles. The molecule has 6 nitrogen and oxygen atoms in total. The largest absolute Gasteiger partial charge is 0.367 e. The van der Waals surface area contributed by atoms with Crippen LogP contribution in [0.4, 0.5) is 5.82 Å². The van der Waals surface area contributed by atoms with Crippen LogP contribution >= 0.6 is 24.0 Å². The molecule has 34 heavy (non-hydrogen) atoms. The van der Waals surface area contributed by atoms with Crippen LogP contribution in [0.15, 0.2) is 64.4 Å². The molecule has 1 saturated heterocycles. The van der Waals surface area contributed by atoms with Crippen molar-refractivity contribution < 1.29 is 4.79 Å². The van der Waals surface area contributed by atoms with E-state index in [1.165, 1.54) is 22.6 Å². The molecule has 174 valence electrons. The molecule has 0 spiro atoms. The fourth-order valence-corrected chi connectivity index (χ4v) is 6.01. The van der Waals surface area contributed by atoms with Crippen molar-refractivity contribution in [3.8, 4) is 0 Å². The predicted octanol–water partition coefficient (Wildman–Crippen LogP) is 5.40. The molecule has 0 radical (unpaired) electrons. The third-order valence-electron chi connectivity index (χ3n) is 6.48. The van der Waals surface area contributed by atoms with E-state index in [1.54, 1.807) is 23.2 Å². The Balaban J connectivity index is 1.54. The number of pyridine rings is 1. The summed E-state index contributed by atoms with van der Waals surface area (Å²) in [7, 11) is 0. The van der Waals surface area contributed by atoms with E-state index >= 15 is 0 Å². The predicted molar refractivity (Wildman–Crippen MR) is 142 cm³/mol. The summed E-state index contributed by atoms with van der Waals surface area (Å²) in [5.41, 5.74) is 1.77. The standard InChI is InChI=1S/C26H26N4O2S2/c1-17(18-10-4-2-5-11-18)30-25(32)21(34-26(30)33)16-20-23(27-19-12-6-3-7-13-19)28-22-14-8-9-15-29(22)24(20)31/h2,4-5,8-11,14-17,19,27H,3,6-7,12-13H2,1H3/b21-16+/t17-/m1/s1. The van der Waals surface area contributed by atoms with E-state index < -0.39 is 0 Å². The summed E-state index contributed by atoms with van der Waals surface area (Å²) in [6.45, 7) is 1.96. The molecule has 1 aromatic carbocycles. The molecular formula is C26H26N4O2S2. The first-order valence-corrected chi connectivity index (χ1v) is 12.9. The maximum Gasteiger partial charge on any atom is 0.267 e. The molecule has 8 heteroatoms. The summed E-state index contributed by atoms with van der Waals surface area (Å²) in [5.74, 6) is 0.344. The van der Waals surface area contributed by atoms with Crippen molar-refractivity contribution in [3.63, 3.8) is 0 Å². The number of hydrogen-bond donors (Lipinski definition) is 1. The van der Waals surface area contributed by atoms with Crippen LogP contribution in [-0.4, -0.2) is 30.6 Å². The van der Waals surface area contributed by atoms with Crippen molar-refractivity contribution >= 4 is 51.7 Å². The van der Waals surface area contributed by atoms with E-state index in [0.717, 1.165) is 31.2 Å². The van der Waals surface area contributed by atoms with Crippen molar-refractivity contribution in [1.29, 1.82) is 0 Å². The molecule has 1 aliphatic carbocycles. The monoisotopic (exact) mass is 490 g/mol. The van der Waals surface area contributed by atoms with E-state index in [1.807, 2.05) is 49.4 Å². The lowest BCUT2D eigenvalue weighted by molar-refractivity contribution is -0.123. The molecule has 1 amide bonds. The summed E-state index contributed by atoms with van der Waals surface area (Å²) in [5, 5.41) is 3.51. The zero-order valence-electron chi connectivity index (χ0n) is 18.9. The Morgan fingerprint density at radius 1 is 1.09 bits per heavy atom. The average Bonchev–Trinajstić information content (AvgIpc) is 3.14. The maximum atomic E-state index is 13.5. The molecule has 0 unspecified atom stereocenters. The lowest BCUT2D eigenvalue weighted by atomic mass is 9.95. The number of anilines is 1. The molecule has 1 atom stereocenters. The molecule has 2 aliphatic rings. The summed E-state index contributed by atoms with van der Waals surface area (Å²) in [4.78, 5) is 33.7. The van der Waals surface area contributed by atoms with E-state index in [9.17, 15) is 9.59 Å². The van der Waals surface area contributed by atoms with Crippen LogP contribution in [0.25, 0.3) is 11.7 Å². The van der Waals surface area contributed by atoms with Gasteiger partial charge in [-0.15, -0.1) is 0 Å². The van der Waals surface area contributed by atoms with Gasteiger partial charge in [-0.3, -0.25) is 18.9 Å². The van der Waals surface area contributed by atoms with E-state index in [2.05, 4.69) is 5.32 Å². The first kappa shape index (κ1) is 22.8. The molecular weight excluding hydrogens is 464 g/mol. The second-order valence-corrected chi connectivity index (χ2v) is 10.4. The van der Waals surface area contributed by atoms with Crippen LogP contribution < -0.4 is 10.9 Å². The van der Waals surface area contributed by atoms with Gasteiger partial charge in [-0.2, -0.15) is 0 Å². The van der Waals surface area contributed by atoms with Gasteiger partial charge in [-0.05, 0) is 43.5 Å². The lowest BCUT2D eigenvalue weighted by Crippen LogP contribution is -2.31. The highest BCUT2D eigenvalue weighted by Gasteiger charge is 2.36. The Morgan fingerprint density at radius 3 is 2.59 bits per heavy atom. The average molecular weight is 491 g/mol. The quantitative estimate of drug-likeness (QED) is 0.382. The minimum absolute atomic E-state index is 0.187. The lowest BCUT2D eigenvalue weighted by Gasteiger charge is -2.24. The smallest absolute Gasteiger partial charge is 0.267 e. The number of amides is 1. The number of nitrogens with one attached hydrogen (secondary N) is 1. The van der Waals surface area contributed by atoms with Crippen molar-refractivity contribution in [2.75, 3.05) is 5.32 Å². The minimum Gasteiger partial charge on any atom is -0.367 e. The minimum atomic E-state index is -0.203. The zero-order chi connectivity index (χ0) is 23.7. The number of nitrogens with zero attached hydrogens (tertiary/aromatic N) is 3. The van der Waals surface area contributed by atoms with Crippen molar-refractivity contribution in [2.45, 2.75) is 51.1 Å². The molecule has 5 rings (SSSR count). The van der Waals surface area contributed by atoms with E-state index in [-0.39, 0.29) is 23.6 Å². The Kier molecular flexibility index (Phi) is 6.52. The highest BCUT2D eigenvalue weighted by atomic mass is 32.2. The van der Waals surface area contributed by atoms with Gasteiger partial charge in [0.2, 0.25) is 0 Å². The highest BCUT2D eigenvalue weighted by molar-refractivity contribution is 8.26.